The fraction of sp³-hybridized carbons (Fsp3) is 0. The first-order valence-corrected chi connectivity index (χ1v) is 4.02. The van der Waals surface area contributed by atoms with Crippen molar-refractivity contribution in [3.63, 3.8) is 0 Å². The zero-order valence-electron chi connectivity index (χ0n) is 5.71. The Bertz CT molecular complexity index is 338. The molecule has 0 amide bonds. The molecular weight excluding hydrogens is 278 g/mol. The third-order valence-corrected chi connectivity index (χ3v) is 2.17. The minimum atomic E-state index is -1.39. The monoisotopic (exact) mass is 282 g/mol. The summed E-state index contributed by atoms with van der Waals surface area (Å²) in [5, 5.41) is 17.4. The molecule has 0 aliphatic carbocycles. The molecule has 1 aromatic carbocycles. The van der Waals surface area contributed by atoms with Crippen LogP contribution in [-0.2, 0) is 0 Å². The highest BCUT2D eigenvalue weighted by molar-refractivity contribution is 14.1. The molecule has 1 rings (SSSR count). The number of hydrogen-bond acceptors (Lipinski definition) is 2. The number of halogens is 2. The summed E-state index contributed by atoms with van der Waals surface area (Å²) < 4.78 is 13.2. The van der Waals surface area contributed by atoms with Crippen molar-refractivity contribution in [1.82, 2.24) is 0 Å². The van der Waals surface area contributed by atoms with Crippen LogP contribution in [0.25, 0.3) is 0 Å². The van der Waals surface area contributed by atoms with Gasteiger partial charge in [-0.15, -0.1) is 0 Å². The molecule has 0 saturated heterocycles. The Balaban J connectivity index is 3.36. The first-order chi connectivity index (χ1) is 5.54. The summed E-state index contributed by atoms with van der Waals surface area (Å²) >= 11 is 1.71. The van der Waals surface area contributed by atoms with E-state index in [0.29, 0.717) is 0 Å². The third kappa shape index (κ3) is 1.50. The Morgan fingerprint density at radius 2 is 2.08 bits per heavy atom. The van der Waals surface area contributed by atoms with Crippen LogP contribution in [0.2, 0.25) is 0 Å². The highest BCUT2D eigenvalue weighted by Gasteiger charge is 2.15. The van der Waals surface area contributed by atoms with E-state index in [1.165, 1.54) is 6.07 Å². The quantitative estimate of drug-likeness (QED) is 0.773. The van der Waals surface area contributed by atoms with Gasteiger partial charge in [-0.25, -0.2) is 9.18 Å². The first-order valence-electron chi connectivity index (χ1n) is 2.94. The van der Waals surface area contributed by atoms with Gasteiger partial charge in [0.2, 0.25) is 0 Å². The van der Waals surface area contributed by atoms with Gasteiger partial charge in [0.15, 0.2) is 11.6 Å². The van der Waals surface area contributed by atoms with Crippen LogP contribution in [0, 0.1) is 9.39 Å². The van der Waals surface area contributed by atoms with E-state index in [1.54, 1.807) is 22.6 Å². The molecule has 0 radical (unpaired) electrons. The third-order valence-electron chi connectivity index (χ3n) is 1.30. The molecule has 3 nitrogen and oxygen atoms in total. The van der Waals surface area contributed by atoms with Gasteiger partial charge < -0.3 is 10.2 Å². The summed E-state index contributed by atoms with van der Waals surface area (Å²) in [6.45, 7) is 0. The van der Waals surface area contributed by atoms with Crippen molar-refractivity contribution in [3.8, 4) is 5.75 Å². The van der Waals surface area contributed by atoms with Crippen molar-refractivity contribution in [2.24, 2.45) is 0 Å². The van der Waals surface area contributed by atoms with E-state index in [2.05, 4.69) is 0 Å². The Kier molecular flexibility index (Phi) is 2.51. The van der Waals surface area contributed by atoms with Crippen molar-refractivity contribution < 1.29 is 19.4 Å². The largest absolute Gasteiger partial charge is 0.504 e. The van der Waals surface area contributed by atoms with E-state index in [4.69, 9.17) is 10.2 Å². The number of benzene rings is 1. The minimum Gasteiger partial charge on any atom is -0.504 e. The van der Waals surface area contributed by atoms with Crippen LogP contribution in [0.3, 0.4) is 0 Å². The van der Waals surface area contributed by atoms with E-state index < -0.39 is 23.1 Å². The summed E-state index contributed by atoms with van der Waals surface area (Å²) in [7, 11) is 0. The van der Waals surface area contributed by atoms with Crippen LogP contribution in [-0.4, -0.2) is 16.2 Å². The maximum atomic E-state index is 12.9. The number of phenols is 1. The lowest BCUT2D eigenvalue weighted by atomic mass is 10.2. The van der Waals surface area contributed by atoms with E-state index >= 15 is 0 Å². The number of aromatic carboxylic acids is 1. The fourth-order valence-corrected chi connectivity index (χ4v) is 1.12. The molecule has 0 atom stereocenters. The normalized spacial score (nSPS) is 9.83. The van der Waals surface area contributed by atoms with Crippen molar-refractivity contribution in [1.29, 1.82) is 0 Å². The van der Waals surface area contributed by atoms with Crippen molar-refractivity contribution in [2.75, 3.05) is 0 Å². The summed E-state index contributed by atoms with van der Waals surface area (Å²) in [4.78, 5) is 10.3. The Labute approximate surface area is 81.0 Å². The molecule has 0 heterocycles. The summed E-state index contributed by atoms with van der Waals surface area (Å²) in [5.74, 6) is -3.09. The summed E-state index contributed by atoms with van der Waals surface area (Å²) in [6, 6.07) is 2.45. The maximum Gasteiger partial charge on any atom is 0.338 e. The number of hydrogen-bond donors (Lipinski definition) is 2. The van der Waals surface area contributed by atoms with Crippen LogP contribution in [0.5, 0.6) is 5.75 Å². The number of carbonyl (C=O) groups is 1. The van der Waals surface area contributed by atoms with Gasteiger partial charge in [-0.2, -0.15) is 0 Å². The van der Waals surface area contributed by atoms with Crippen LogP contribution >= 0.6 is 22.6 Å². The molecular formula is C7H4FIO3. The van der Waals surface area contributed by atoms with Crippen LogP contribution < -0.4 is 0 Å². The summed E-state index contributed by atoms with van der Waals surface area (Å²) in [6.07, 6.45) is 0. The van der Waals surface area contributed by atoms with E-state index in [1.807, 2.05) is 0 Å². The van der Waals surface area contributed by atoms with E-state index in [0.717, 1.165) is 6.07 Å². The lowest BCUT2D eigenvalue weighted by molar-refractivity contribution is 0.0691. The number of phenolic OH excluding ortho intramolecular Hbond substituents is 1. The molecule has 0 fully saturated rings. The van der Waals surface area contributed by atoms with Gasteiger partial charge in [0.1, 0.15) is 0 Å². The van der Waals surface area contributed by atoms with Crippen LogP contribution in [0.1, 0.15) is 10.4 Å². The summed E-state index contributed by atoms with van der Waals surface area (Å²) in [5.41, 5.74) is -0.520. The van der Waals surface area contributed by atoms with Gasteiger partial charge >= 0.3 is 5.97 Å². The number of carboxylic acids is 1. The zero-order chi connectivity index (χ0) is 9.30. The van der Waals surface area contributed by atoms with Crippen molar-refractivity contribution in [2.45, 2.75) is 0 Å². The number of aromatic hydroxyl groups is 1. The van der Waals surface area contributed by atoms with Crippen LogP contribution in [0.4, 0.5) is 4.39 Å². The molecule has 0 bridgehead atoms. The van der Waals surface area contributed by atoms with Gasteiger partial charge in [-0.1, -0.05) is 0 Å². The predicted molar refractivity (Wildman–Crippen MR) is 47.7 cm³/mol. The maximum absolute atomic E-state index is 12.9. The predicted octanol–water partition coefficient (Wildman–Crippen LogP) is 1.83. The second kappa shape index (κ2) is 3.26. The molecule has 0 spiro atoms. The fourth-order valence-electron chi connectivity index (χ4n) is 0.706. The highest BCUT2D eigenvalue weighted by Crippen LogP contribution is 2.25. The molecule has 0 saturated carbocycles. The molecule has 2 N–H and O–H groups in total. The zero-order valence-corrected chi connectivity index (χ0v) is 7.87. The molecule has 64 valence electrons. The van der Waals surface area contributed by atoms with Crippen LogP contribution in [0.15, 0.2) is 12.1 Å². The van der Waals surface area contributed by atoms with Crippen molar-refractivity contribution in [3.05, 3.63) is 27.1 Å². The van der Waals surface area contributed by atoms with Gasteiger partial charge in [-0.05, 0) is 34.7 Å². The number of rotatable bonds is 1. The topological polar surface area (TPSA) is 57.5 Å². The number of carboxylic acid groups (broad SMARTS) is 1. The van der Waals surface area contributed by atoms with Gasteiger partial charge in [0, 0.05) is 0 Å². The standard InChI is InChI=1S/C7H4FIO3/c8-5-3(7(11)12)1-2-4(9)6(5)10/h1-2,10H,(H,11,12). The average Bonchev–Trinajstić information content (AvgIpc) is 2.00. The van der Waals surface area contributed by atoms with Gasteiger partial charge in [0.25, 0.3) is 0 Å². The Morgan fingerprint density at radius 3 is 2.58 bits per heavy atom. The SMILES string of the molecule is O=C(O)c1ccc(I)c(O)c1F. The lowest BCUT2D eigenvalue weighted by Gasteiger charge is -2.00. The van der Waals surface area contributed by atoms with E-state index in [-0.39, 0.29) is 3.57 Å². The molecule has 12 heavy (non-hydrogen) atoms. The Morgan fingerprint density at radius 1 is 1.50 bits per heavy atom. The lowest BCUT2D eigenvalue weighted by Crippen LogP contribution is -2.00. The van der Waals surface area contributed by atoms with Crippen molar-refractivity contribution >= 4 is 28.6 Å². The molecule has 0 aromatic heterocycles. The Hall–Kier alpha value is -0.850. The van der Waals surface area contributed by atoms with Gasteiger partial charge in [0.05, 0.1) is 9.13 Å². The van der Waals surface area contributed by atoms with Gasteiger partial charge in [-0.3, -0.25) is 0 Å². The molecule has 0 aliphatic rings. The molecule has 5 heteroatoms. The first kappa shape index (κ1) is 9.24. The molecule has 0 aliphatic heterocycles. The minimum absolute atomic E-state index is 0.287. The highest BCUT2D eigenvalue weighted by atomic mass is 127. The molecule has 1 aromatic rings. The second-order valence-electron chi connectivity index (χ2n) is 2.06. The molecule has 0 unspecified atom stereocenters. The van der Waals surface area contributed by atoms with E-state index in [9.17, 15) is 9.18 Å². The smallest absolute Gasteiger partial charge is 0.338 e. The second-order valence-corrected chi connectivity index (χ2v) is 3.22. The average molecular weight is 282 g/mol.